The number of hydrogen-bond donors (Lipinski definition) is 2. The van der Waals surface area contributed by atoms with Crippen molar-refractivity contribution in [3.8, 4) is 11.5 Å². The van der Waals surface area contributed by atoms with Gasteiger partial charge in [0.25, 0.3) is 0 Å². The third-order valence-electron chi connectivity index (χ3n) is 3.57. The first-order chi connectivity index (χ1) is 11.6. The van der Waals surface area contributed by atoms with Gasteiger partial charge in [-0.05, 0) is 36.4 Å². The Kier molecular flexibility index (Phi) is 4.31. The summed E-state index contributed by atoms with van der Waals surface area (Å²) in [6.45, 7) is 0.304. The highest BCUT2D eigenvalue weighted by Gasteiger charge is 2.18. The Morgan fingerprint density at radius 1 is 1.17 bits per heavy atom. The lowest BCUT2D eigenvalue weighted by Crippen LogP contribution is -2.13. The largest absolute Gasteiger partial charge is 0.507 e. The minimum absolute atomic E-state index is 0.0632. The lowest BCUT2D eigenvalue weighted by molar-refractivity contribution is -0.0165. The molecule has 0 aliphatic carbocycles. The predicted molar refractivity (Wildman–Crippen MR) is 85.2 cm³/mol. The minimum atomic E-state index is -1.08. The number of aromatic hydroxyl groups is 1. The molecular formula is C18H14O6. The molecule has 0 spiro atoms. The molecule has 24 heavy (non-hydrogen) atoms. The molecule has 6 nitrogen and oxygen atoms in total. The lowest BCUT2D eigenvalue weighted by Gasteiger charge is -2.20. The van der Waals surface area contributed by atoms with Crippen molar-refractivity contribution < 1.29 is 29.3 Å². The molecule has 1 aliphatic rings. The van der Waals surface area contributed by atoms with Crippen LogP contribution in [0.5, 0.6) is 11.5 Å². The average Bonchev–Trinajstić information content (AvgIpc) is 2.59. The Hall–Kier alpha value is -3.12. The van der Waals surface area contributed by atoms with Crippen LogP contribution in [0.15, 0.2) is 42.5 Å². The molecule has 0 saturated heterocycles. The van der Waals surface area contributed by atoms with Gasteiger partial charge in [-0.15, -0.1) is 0 Å². The zero-order chi connectivity index (χ0) is 17.1. The molecule has 0 saturated carbocycles. The number of ether oxygens (including phenoxy) is 2. The predicted octanol–water partition coefficient (Wildman–Crippen LogP) is 2.85. The van der Waals surface area contributed by atoms with Crippen molar-refractivity contribution in [1.82, 2.24) is 0 Å². The average molecular weight is 326 g/mol. The normalized spacial score (nSPS) is 13.3. The fourth-order valence-corrected chi connectivity index (χ4v) is 2.43. The van der Waals surface area contributed by atoms with Gasteiger partial charge in [0.1, 0.15) is 11.5 Å². The van der Waals surface area contributed by atoms with Gasteiger partial charge in [0.2, 0.25) is 0 Å². The van der Waals surface area contributed by atoms with E-state index in [1.165, 1.54) is 36.4 Å². The van der Waals surface area contributed by atoms with E-state index in [-0.39, 0.29) is 30.3 Å². The second-order valence-corrected chi connectivity index (χ2v) is 5.18. The number of rotatable bonds is 4. The molecule has 6 heteroatoms. The first kappa shape index (κ1) is 15.8. The molecule has 0 unspecified atom stereocenters. The van der Waals surface area contributed by atoms with Crippen molar-refractivity contribution in [3.05, 3.63) is 64.7 Å². The summed E-state index contributed by atoms with van der Waals surface area (Å²) in [6, 6.07) is 9.12. The van der Waals surface area contributed by atoms with Crippen molar-refractivity contribution in [2.45, 2.75) is 6.61 Å². The number of para-hydroxylation sites is 1. The van der Waals surface area contributed by atoms with Crippen LogP contribution in [0, 0.1) is 0 Å². The van der Waals surface area contributed by atoms with Gasteiger partial charge in [0.05, 0.1) is 17.7 Å². The van der Waals surface area contributed by atoms with Gasteiger partial charge in [0, 0.05) is 11.1 Å². The highest BCUT2D eigenvalue weighted by molar-refractivity contribution is 6.08. The molecule has 0 atom stereocenters. The summed E-state index contributed by atoms with van der Waals surface area (Å²) in [5.41, 5.74) is 1.33. The summed E-state index contributed by atoms with van der Waals surface area (Å²) in [7, 11) is 0. The van der Waals surface area contributed by atoms with Gasteiger partial charge >= 0.3 is 5.97 Å². The number of carboxylic acids is 1. The van der Waals surface area contributed by atoms with E-state index in [2.05, 4.69) is 0 Å². The highest BCUT2D eigenvalue weighted by Crippen LogP contribution is 2.31. The van der Waals surface area contributed by atoms with Gasteiger partial charge in [-0.3, -0.25) is 4.79 Å². The van der Waals surface area contributed by atoms with Crippen LogP contribution in [-0.2, 0) is 11.3 Å². The van der Waals surface area contributed by atoms with Gasteiger partial charge in [-0.2, -0.15) is 0 Å². The van der Waals surface area contributed by atoms with E-state index in [1.54, 1.807) is 12.1 Å². The maximum Gasteiger partial charge on any atom is 0.335 e. The standard InChI is InChI=1S/C18H14O6/c19-15-4-2-1-3-14(15)16(20)6-5-11-7-12(18(21)22)8-13-9-23-10-24-17(11)13/h1-8,19H,9-10H2,(H,21,22)/b6-5+. The topological polar surface area (TPSA) is 93.1 Å². The summed E-state index contributed by atoms with van der Waals surface area (Å²) >= 11 is 0. The number of carbonyl (C=O) groups excluding carboxylic acids is 1. The van der Waals surface area contributed by atoms with E-state index >= 15 is 0 Å². The Balaban J connectivity index is 1.97. The van der Waals surface area contributed by atoms with Crippen LogP contribution in [0.2, 0.25) is 0 Å². The smallest absolute Gasteiger partial charge is 0.335 e. The molecule has 1 aliphatic heterocycles. The molecule has 2 N–H and O–H groups in total. The van der Waals surface area contributed by atoms with E-state index in [4.69, 9.17) is 9.47 Å². The van der Waals surface area contributed by atoms with Crippen molar-refractivity contribution in [2.24, 2.45) is 0 Å². The first-order valence-corrected chi connectivity index (χ1v) is 7.17. The minimum Gasteiger partial charge on any atom is -0.507 e. The monoisotopic (exact) mass is 326 g/mol. The SMILES string of the molecule is O=C(O)c1cc(/C=C/C(=O)c2ccccc2O)c2c(c1)COCO2. The zero-order valence-corrected chi connectivity index (χ0v) is 12.6. The Morgan fingerprint density at radius 2 is 1.96 bits per heavy atom. The van der Waals surface area contributed by atoms with E-state index in [1.807, 2.05) is 0 Å². The van der Waals surface area contributed by atoms with Crippen LogP contribution in [0.1, 0.15) is 31.8 Å². The first-order valence-electron chi connectivity index (χ1n) is 7.17. The third kappa shape index (κ3) is 3.13. The number of fused-ring (bicyclic) bond motifs is 1. The number of aromatic carboxylic acids is 1. The molecular weight excluding hydrogens is 312 g/mol. The van der Waals surface area contributed by atoms with Crippen molar-refractivity contribution in [2.75, 3.05) is 6.79 Å². The summed E-state index contributed by atoms with van der Waals surface area (Å²) < 4.78 is 10.6. The van der Waals surface area contributed by atoms with Crippen LogP contribution >= 0.6 is 0 Å². The molecule has 3 rings (SSSR count). The van der Waals surface area contributed by atoms with Crippen LogP contribution in [0.4, 0.5) is 0 Å². The summed E-state index contributed by atoms with van der Waals surface area (Å²) in [5.74, 6) is -1.09. The van der Waals surface area contributed by atoms with Crippen molar-refractivity contribution >= 4 is 17.8 Å². The second-order valence-electron chi connectivity index (χ2n) is 5.18. The quantitative estimate of drug-likeness (QED) is 0.663. The van der Waals surface area contributed by atoms with Gasteiger partial charge in [0.15, 0.2) is 12.6 Å². The molecule has 0 bridgehead atoms. The Labute approximate surface area is 137 Å². The van der Waals surface area contributed by atoms with Crippen LogP contribution in [0.25, 0.3) is 6.08 Å². The third-order valence-corrected chi connectivity index (χ3v) is 3.57. The molecule has 0 amide bonds. The number of phenolic OH excluding ortho intramolecular Hbond substituents is 1. The van der Waals surface area contributed by atoms with E-state index in [0.717, 1.165) is 0 Å². The molecule has 122 valence electrons. The Bertz CT molecular complexity index is 837. The number of hydrogen-bond acceptors (Lipinski definition) is 5. The lowest BCUT2D eigenvalue weighted by atomic mass is 10.0. The molecule has 0 aromatic heterocycles. The maximum absolute atomic E-state index is 12.2. The van der Waals surface area contributed by atoms with E-state index in [0.29, 0.717) is 16.9 Å². The number of carboxylic acid groups (broad SMARTS) is 1. The van der Waals surface area contributed by atoms with Crippen LogP contribution in [-0.4, -0.2) is 28.8 Å². The summed E-state index contributed by atoms with van der Waals surface area (Å²) in [4.78, 5) is 23.4. The molecule has 2 aromatic carbocycles. The van der Waals surface area contributed by atoms with Crippen molar-refractivity contribution in [1.29, 1.82) is 0 Å². The number of benzene rings is 2. The molecule has 0 radical (unpaired) electrons. The molecule has 1 heterocycles. The van der Waals surface area contributed by atoms with Crippen molar-refractivity contribution in [3.63, 3.8) is 0 Å². The number of ketones is 1. The maximum atomic E-state index is 12.2. The van der Waals surface area contributed by atoms with Crippen LogP contribution in [0.3, 0.4) is 0 Å². The number of phenols is 1. The fourth-order valence-electron chi connectivity index (χ4n) is 2.43. The number of carbonyl (C=O) groups is 2. The summed E-state index contributed by atoms with van der Waals surface area (Å²) in [6.07, 6.45) is 2.75. The highest BCUT2D eigenvalue weighted by atomic mass is 16.7. The van der Waals surface area contributed by atoms with E-state index in [9.17, 15) is 19.8 Å². The van der Waals surface area contributed by atoms with Gasteiger partial charge < -0.3 is 19.7 Å². The summed E-state index contributed by atoms with van der Waals surface area (Å²) in [5, 5.41) is 18.9. The number of allylic oxidation sites excluding steroid dienone is 1. The van der Waals surface area contributed by atoms with Gasteiger partial charge in [-0.1, -0.05) is 12.1 Å². The molecule has 2 aromatic rings. The zero-order valence-electron chi connectivity index (χ0n) is 12.6. The molecule has 0 fully saturated rings. The van der Waals surface area contributed by atoms with Gasteiger partial charge in [-0.25, -0.2) is 4.79 Å². The fraction of sp³-hybridized carbons (Fsp3) is 0.111. The van der Waals surface area contributed by atoms with Crippen LogP contribution < -0.4 is 4.74 Å². The van der Waals surface area contributed by atoms with E-state index < -0.39 is 11.8 Å². The second kappa shape index (κ2) is 6.55. The Morgan fingerprint density at radius 3 is 2.71 bits per heavy atom.